The minimum Gasteiger partial charge on any atom is -0.357 e. The molecule has 6 nitrogen and oxygen atoms in total. The number of nitrogens with one attached hydrogen (secondary N) is 1. The van der Waals surface area contributed by atoms with Crippen LogP contribution >= 0.6 is 24.0 Å². The number of aliphatic imine (C=N–C) groups is 1. The highest BCUT2D eigenvalue weighted by atomic mass is 127. The fourth-order valence-electron chi connectivity index (χ4n) is 4.12. The van der Waals surface area contributed by atoms with Crippen LogP contribution in [0, 0.1) is 0 Å². The maximum atomic E-state index is 5.00. The maximum Gasteiger partial charge on any atom is 0.194 e. The standard InChI is InChI=1S/C20H38N6.HI/c1-7-18-17(19(8-2)24(6)23-18)14-22-20(21-9-3)26-13-12-16(15-26)25(10-4)11-5;/h16H,7-15H2,1-6H3,(H,21,22);1H. The Kier molecular flexibility index (Phi) is 10.7. The summed E-state index contributed by atoms with van der Waals surface area (Å²) in [6.45, 7) is 17.1. The van der Waals surface area contributed by atoms with Gasteiger partial charge in [0.15, 0.2) is 5.96 Å². The van der Waals surface area contributed by atoms with Crippen LogP contribution in [-0.4, -0.2) is 64.3 Å². The fourth-order valence-corrected chi connectivity index (χ4v) is 4.12. The van der Waals surface area contributed by atoms with Gasteiger partial charge < -0.3 is 10.2 Å². The second-order valence-electron chi connectivity index (χ2n) is 6.98. The third kappa shape index (κ3) is 5.82. The Labute approximate surface area is 182 Å². The summed E-state index contributed by atoms with van der Waals surface area (Å²) in [6, 6.07) is 0.643. The van der Waals surface area contributed by atoms with Crippen molar-refractivity contribution in [1.29, 1.82) is 0 Å². The van der Waals surface area contributed by atoms with Crippen LogP contribution in [0.1, 0.15) is 58.0 Å². The van der Waals surface area contributed by atoms with Crippen molar-refractivity contribution in [3.05, 3.63) is 17.0 Å². The van der Waals surface area contributed by atoms with E-state index < -0.39 is 0 Å². The van der Waals surface area contributed by atoms with Crippen LogP contribution in [0.15, 0.2) is 4.99 Å². The van der Waals surface area contributed by atoms with Crippen LogP contribution < -0.4 is 5.32 Å². The Hall–Kier alpha value is -0.830. The molecule has 2 rings (SSSR count). The molecule has 0 bridgehead atoms. The first kappa shape index (κ1) is 24.2. The van der Waals surface area contributed by atoms with Crippen LogP contribution in [0.25, 0.3) is 0 Å². The van der Waals surface area contributed by atoms with Crippen molar-refractivity contribution in [2.75, 3.05) is 32.7 Å². The molecule has 7 heteroatoms. The molecule has 2 heterocycles. The molecular formula is C20H39IN6. The summed E-state index contributed by atoms with van der Waals surface area (Å²) < 4.78 is 2.03. The van der Waals surface area contributed by atoms with Crippen molar-refractivity contribution in [2.45, 2.75) is 66.5 Å². The summed E-state index contributed by atoms with van der Waals surface area (Å²) >= 11 is 0. The number of likely N-dealkylation sites (tertiary alicyclic amines) is 1. The van der Waals surface area contributed by atoms with Crippen molar-refractivity contribution < 1.29 is 0 Å². The van der Waals surface area contributed by atoms with Gasteiger partial charge in [0.05, 0.1) is 12.2 Å². The molecule has 0 aromatic carbocycles. The molecule has 1 N–H and O–H groups in total. The van der Waals surface area contributed by atoms with E-state index in [4.69, 9.17) is 4.99 Å². The van der Waals surface area contributed by atoms with E-state index in [1.165, 1.54) is 23.4 Å². The number of hydrogen-bond acceptors (Lipinski definition) is 3. The zero-order chi connectivity index (χ0) is 19.1. The number of aryl methyl sites for hydroxylation is 2. The predicted molar refractivity (Wildman–Crippen MR) is 125 cm³/mol. The Morgan fingerprint density at radius 2 is 1.89 bits per heavy atom. The first-order valence-corrected chi connectivity index (χ1v) is 10.4. The zero-order valence-corrected chi connectivity index (χ0v) is 20.4. The van der Waals surface area contributed by atoms with Gasteiger partial charge in [0.2, 0.25) is 0 Å². The average molecular weight is 490 g/mol. The van der Waals surface area contributed by atoms with Gasteiger partial charge in [-0.3, -0.25) is 9.58 Å². The molecular weight excluding hydrogens is 451 g/mol. The summed E-state index contributed by atoms with van der Waals surface area (Å²) in [6.07, 6.45) is 3.18. The summed E-state index contributed by atoms with van der Waals surface area (Å²) in [4.78, 5) is 10.00. The molecule has 1 atom stereocenters. The second kappa shape index (κ2) is 11.9. The normalized spacial score (nSPS) is 17.5. The number of rotatable bonds is 8. The van der Waals surface area contributed by atoms with Gasteiger partial charge in [-0.05, 0) is 39.3 Å². The second-order valence-corrected chi connectivity index (χ2v) is 6.98. The minimum absolute atomic E-state index is 0. The van der Waals surface area contributed by atoms with Gasteiger partial charge in [-0.25, -0.2) is 4.99 Å². The summed E-state index contributed by atoms with van der Waals surface area (Å²) in [7, 11) is 2.05. The molecule has 1 aromatic heterocycles. The third-order valence-electron chi connectivity index (χ3n) is 5.54. The number of likely N-dealkylation sites (N-methyl/N-ethyl adjacent to an activating group) is 1. The lowest BCUT2D eigenvalue weighted by molar-refractivity contribution is 0.223. The van der Waals surface area contributed by atoms with Crippen LogP contribution in [0.2, 0.25) is 0 Å². The summed E-state index contributed by atoms with van der Waals surface area (Å²) in [5.41, 5.74) is 3.81. The van der Waals surface area contributed by atoms with Crippen LogP contribution in [0.5, 0.6) is 0 Å². The lowest BCUT2D eigenvalue weighted by Gasteiger charge is -2.27. The Bertz CT molecular complexity index is 594. The van der Waals surface area contributed by atoms with Crippen molar-refractivity contribution in [1.82, 2.24) is 24.9 Å². The lowest BCUT2D eigenvalue weighted by Crippen LogP contribution is -2.43. The Morgan fingerprint density at radius 3 is 2.44 bits per heavy atom. The maximum absolute atomic E-state index is 5.00. The first-order chi connectivity index (χ1) is 12.6. The number of nitrogens with zero attached hydrogens (tertiary/aromatic N) is 5. The zero-order valence-electron chi connectivity index (χ0n) is 18.1. The molecule has 1 aliphatic heterocycles. The van der Waals surface area contributed by atoms with E-state index in [0.717, 1.165) is 58.1 Å². The SMILES string of the molecule is CCNC(=NCc1c(CC)nn(C)c1CC)N1CCC(N(CC)CC)C1.I. The summed E-state index contributed by atoms with van der Waals surface area (Å²) in [5.74, 6) is 1.05. The highest BCUT2D eigenvalue weighted by Crippen LogP contribution is 2.19. The van der Waals surface area contributed by atoms with E-state index >= 15 is 0 Å². The van der Waals surface area contributed by atoms with Crippen molar-refractivity contribution in [3.63, 3.8) is 0 Å². The van der Waals surface area contributed by atoms with Crippen LogP contribution in [0.4, 0.5) is 0 Å². The predicted octanol–water partition coefficient (Wildman–Crippen LogP) is 3.04. The van der Waals surface area contributed by atoms with Gasteiger partial charge in [-0.1, -0.05) is 27.7 Å². The smallest absolute Gasteiger partial charge is 0.194 e. The van der Waals surface area contributed by atoms with E-state index in [-0.39, 0.29) is 24.0 Å². The number of halogens is 1. The molecule has 0 amide bonds. The van der Waals surface area contributed by atoms with Crippen LogP contribution in [-0.2, 0) is 26.4 Å². The topological polar surface area (TPSA) is 48.7 Å². The van der Waals surface area contributed by atoms with E-state index in [1.807, 2.05) is 11.7 Å². The molecule has 156 valence electrons. The average Bonchev–Trinajstić information content (AvgIpc) is 3.24. The molecule has 0 spiro atoms. The monoisotopic (exact) mass is 490 g/mol. The molecule has 1 aliphatic rings. The number of hydrogen-bond donors (Lipinski definition) is 1. The fraction of sp³-hybridized carbons (Fsp3) is 0.800. The Morgan fingerprint density at radius 1 is 1.19 bits per heavy atom. The van der Waals surface area contributed by atoms with E-state index in [0.29, 0.717) is 6.04 Å². The highest BCUT2D eigenvalue weighted by Gasteiger charge is 2.28. The largest absolute Gasteiger partial charge is 0.357 e. The molecule has 0 aliphatic carbocycles. The van der Waals surface area contributed by atoms with Gasteiger partial charge in [0.1, 0.15) is 0 Å². The van der Waals surface area contributed by atoms with Crippen molar-refractivity contribution in [2.24, 2.45) is 12.0 Å². The Balaban J connectivity index is 0.00000364. The lowest BCUT2D eigenvalue weighted by atomic mass is 10.1. The quantitative estimate of drug-likeness (QED) is 0.346. The third-order valence-corrected chi connectivity index (χ3v) is 5.54. The summed E-state index contributed by atoms with van der Waals surface area (Å²) in [5, 5.41) is 8.19. The van der Waals surface area contributed by atoms with Crippen molar-refractivity contribution >= 4 is 29.9 Å². The van der Waals surface area contributed by atoms with Gasteiger partial charge >= 0.3 is 0 Å². The molecule has 0 radical (unpaired) electrons. The minimum atomic E-state index is 0. The van der Waals surface area contributed by atoms with E-state index in [1.54, 1.807) is 0 Å². The van der Waals surface area contributed by atoms with Crippen molar-refractivity contribution in [3.8, 4) is 0 Å². The number of aromatic nitrogens is 2. The molecule has 27 heavy (non-hydrogen) atoms. The molecule has 0 saturated carbocycles. The molecule has 1 unspecified atom stereocenters. The number of guanidine groups is 1. The molecule has 1 fully saturated rings. The van der Waals surface area contributed by atoms with Gasteiger partial charge in [-0.2, -0.15) is 5.10 Å². The van der Waals surface area contributed by atoms with Gasteiger partial charge in [0.25, 0.3) is 0 Å². The first-order valence-electron chi connectivity index (χ1n) is 10.4. The molecule has 1 saturated heterocycles. The van der Waals surface area contributed by atoms with Crippen LogP contribution in [0.3, 0.4) is 0 Å². The van der Waals surface area contributed by atoms with E-state index in [9.17, 15) is 0 Å². The highest BCUT2D eigenvalue weighted by molar-refractivity contribution is 14.0. The van der Waals surface area contributed by atoms with E-state index in [2.05, 4.69) is 54.8 Å². The molecule has 1 aromatic rings. The van der Waals surface area contributed by atoms with Gasteiger partial charge in [0, 0.05) is 44.0 Å². The van der Waals surface area contributed by atoms with Gasteiger partial charge in [-0.15, -0.1) is 24.0 Å².